The minimum Gasteiger partial charge on any atom is -0.478 e. The highest BCUT2D eigenvalue weighted by Crippen LogP contribution is 2.31. The third kappa shape index (κ3) is 6.17. The van der Waals surface area contributed by atoms with Crippen molar-refractivity contribution in [3.63, 3.8) is 0 Å². The van der Waals surface area contributed by atoms with E-state index in [0.29, 0.717) is 24.2 Å². The molecule has 36 heavy (non-hydrogen) atoms. The molecule has 4 aromatic rings. The van der Waals surface area contributed by atoms with Gasteiger partial charge in [0, 0.05) is 0 Å². The quantitative estimate of drug-likeness (QED) is 0.256. The van der Waals surface area contributed by atoms with Crippen molar-refractivity contribution < 1.29 is 29.6 Å². The molecular formula is C30H26O6. The molecule has 6 nitrogen and oxygen atoms in total. The summed E-state index contributed by atoms with van der Waals surface area (Å²) in [6.07, 6.45) is 0.0596. The van der Waals surface area contributed by atoms with Crippen LogP contribution in [-0.2, 0) is 12.8 Å². The average Bonchev–Trinajstić information content (AvgIpc) is 2.89. The highest BCUT2D eigenvalue weighted by Gasteiger charge is 2.25. The number of hydrogen-bond donors (Lipinski definition) is 3. The third-order valence-electron chi connectivity index (χ3n) is 6.03. The van der Waals surface area contributed by atoms with Gasteiger partial charge in [-0.1, -0.05) is 66.7 Å². The number of carboxylic acid groups (broad SMARTS) is 2. The molecule has 6 heteroatoms. The van der Waals surface area contributed by atoms with Crippen LogP contribution in [-0.4, -0.2) is 27.3 Å². The van der Waals surface area contributed by atoms with Crippen molar-refractivity contribution in [2.75, 3.05) is 0 Å². The predicted molar refractivity (Wildman–Crippen MR) is 136 cm³/mol. The summed E-state index contributed by atoms with van der Waals surface area (Å²) >= 11 is 0. The number of carboxylic acids is 2. The molecule has 0 aliphatic rings. The highest BCUT2D eigenvalue weighted by molar-refractivity contribution is 6.01. The Bertz CT molecular complexity index is 1320. The molecule has 0 aromatic heterocycles. The number of hydrogen-bond acceptors (Lipinski definition) is 4. The molecule has 4 rings (SSSR count). The lowest BCUT2D eigenvalue weighted by molar-refractivity contribution is 0.0650. The van der Waals surface area contributed by atoms with Crippen LogP contribution >= 0.6 is 0 Å². The molecule has 0 spiro atoms. The van der Waals surface area contributed by atoms with Gasteiger partial charge in [0.2, 0.25) is 0 Å². The van der Waals surface area contributed by atoms with Crippen molar-refractivity contribution in [2.45, 2.75) is 18.9 Å². The number of aliphatic hydroxyl groups is 1. The molecule has 0 saturated carbocycles. The Morgan fingerprint density at radius 3 is 1.75 bits per heavy atom. The second-order valence-corrected chi connectivity index (χ2v) is 8.57. The Kier molecular flexibility index (Phi) is 7.78. The van der Waals surface area contributed by atoms with Gasteiger partial charge in [0.1, 0.15) is 11.5 Å². The van der Waals surface area contributed by atoms with Gasteiger partial charge < -0.3 is 20.1 Å². The number of aliphatic hydroxyl groups excluding tert-OH is 1. The minimum atomic E-state index is -1.35. The summed E-state index contributed by atoms with van der Waals surface area (Å²) in [7, 11) is 0. The maximum absolute atomic E-state index is 11.7. The van der Waals surface area contributed by atoms with Gasteiger partial charge in [-0.05, 0) is 71.8 Å². The van der Waals surface area contributed by atoms with Crippen molar-refractivity contribution in [1.29, 1.82) is 0 Å². The molecule has 0 bridgehead atoms. The van der Waals surface area contributed by atoms with Crippen molar-refractivity contribution in [3.05, 3.63) is 131 Å². The number of ether oxygens (including phenoxy) is 1. The molecule has 0 aliphatic heterocycles. The van der Waals surface area contributed by atoms with Crippen molar-refractivity contribution in [3.8, 4) is 11.5 Å². The Balaban J connectivity index is 1.59. The Morgan fingerprint density at radius 2 is 1.17 bits per heavy atom. The van der Waals surface area contributed by atoms with Gasteiger partial charge in [0.05, 0.1) is 17.2 Å². The first-order valence-electron chi connectivity index (χ1n) is 11.5. The SMILES string of the molecule is O=C(O)c1ccc(C(O)C(Cc2ccccc2)Cc2ccc(Oc3ccccc3)cc2)cc1C(=O)O. The van der Waals surface area contributed by atoms with Gasteiger partial charge in [-0.2, -0.15) is 0 Å². The summed E-state index contributed by atoms with van der Waals surface area (Å²) in [6.45, 7) is 0. The fraction of sp³-hybridized carbons (Fsp3) is 0.133. The van der Waals surface area contributed by atoms with Crippen LogP contribution in [0.5, 0.6) is 11.5 Å². The number of para-hydroxylation sites is 1. The van der Waals surface area contributed by atoms with Crippen LogP contribution in [0.15, 0.2) is 103 Å². The van der Waals surface area contributed by atoms with Crippen LogP contribution in [0.3, 0.4) is 0 Å². The van der Waals surface area contributed by atoms with Gasteiger partial charge >= 0.3 is 11.9 Å². The summed E-state index contributed by atoms with van der Waals surface area (Å²) in [5.41, 5.74) is 1.72. The van der Waals surface area contributed by atoms with E-state index in [1.54, 1.807) is 0 Å². The van der Waals surface area contributed by atoms with Crippen LogP contribution in [0.25, 0.3) is 0 Å². The van der Waals surface area contributed by atoms with Crippen molar-refractivity contribution in [1.82, 2.24) is 0 Å². The summed E-state index contributed by atoms with van der Waals surface area (Å²) in [5, 5.41) is 30.2. The zero-order valence-electron chi connectivity index (χ0n) is 19.5. The molecule has 4 aromatic carbocycles. The first-order chi connectivity index (χ1) is 17.4. The van der Waals surface area contributed by atoms with Gasteiger partial charge in [-0.25, -0.2) is 9.59 Å². The van der Waals surface area contributed by atoms with E-state index in [9.17, 15) is 24.9 Å². The predicted octanol–water partition coefficient (Wildman–Crippen LogP) is 6.01. The summed E-state index contributed by atoms with van der Waals surface area (Å²) in [4.78, 5) is 23.1. The lowest BCUT2D eigenvalue weighted by atomic mass is 9.84. The fourth-order valence-electron chi connectivity index (χ4n) is 4.21. The highest BCUT2D eigenvalue weighted by atomic mass is 16.5. The molecule has 0 radical (unpaired) electrons. The van der Waals surface area contributed by atoms with Gasteiger partial charge in [0.15, 0.2) is 0 Å². The van der Waals surface area contributed by atoms with Gasteiger partial charge in [-0.3, -0.25) is 0 Å². The maximum atomic E-state index is 11.7. The number of aromatic carboxylic acids is 2. The Labute approximate surface area is 209 Å². The summed E-state index contributed by atoms with van der Waals surface area (Å²) in [6, 6.07) is 30.8. The second kappa shape index (κ2) is 11.3. The molecule has 2 atom stereocenters. The van der Waals surface area contributed by atoms with E-state index in [1.165, 1.54) is 18.2 Å². The van der Waals surface area contributed by atoms with E-state index in [2.05, 4.69) is 0 Å². The topological polar surface area (TPSA) is 104 Å². The van der Waals surface area contributed by atoms with Crippen LogP contribution in [0, 0.1) is 5.92 Å². The first-order valence-corrected chi connectivity index (χ1v) is 11.5. The van der Waals surface area contributed by atoms with Crippen LogP contribution < -0.4 is 4.74 Å². The standard InChI is InChI=1S/C30H26O6/c31-28(22-13-16-26(29(32)33)27(19-22)30(34)35)23(17-20-7-3-1-4-8-20)18-21-11-14-25(15-12-21)36-24-9-5-2-6-10-24/h1-16,19,23,28,31H,17-18H2,(H,32,33)(H,34,35). The van der Waals surface area contributed by atoms with Crippen LogP contribution in [0.4, 0.5) is 0 Å². The third-order valence-corrected chi connectivity index (χ3v) is 6.03. The van der Waals surface area contributed by atoms with Crippen LogP contribution in [0.2, 0.25) is 0 Å². The monoisotopic (exact) mass is 482 g/mol. The second-order valence-electron chi connectivity index (χ2n) is 8.57. The smallest absolute Gasteiger partial charge is 0.336 e. The number of carbonyl (C=O) groups is 2. The lowest BCUT2D eigenvalue weighted by Crippen LogP contribution is -2.19. The Morgan fingerprint density at radius 1 is 0.639 bits per heavy atom. The molecule has 0 aliphatic carbocycles. The average molecular weight is 483 g/mol. The van der Waals surface area contributed by atoms with Gasteiger partial charge in [-0.15, -0.1) is 0 Å². The summed E-state index contributed by atoms with van der Waals surface area (Å²) in [5.74, 6) is -1.53. The lowest BCUT2D eigenvalue weighted by Gasteiger charge is -2.24. The molecular weight excluding hydrogens is 456 g/mol. The zero-order chi connectivity index (χ0) is 25.5. The normalized spacial score (nSPS) is 12.5. The van der Waals surface area contributed by atoms with E-state index < -0.39 is 18.0 Å². The van der Waals surface area contributed by atoms with Crippen LogP contribution in [0.1, 0.15) is 43.5 Å². The molecule has 0 heterocycles. The van der Waals surface area contributed by atoms with E-state index in [4.69, 9.17) is 4.74 Å². The van der Waals surface area contributed by atoms with E-state index in [0.717, 1.165) is 16.9 Å². The summed E-state index contributed by atoms with van der Waals surface area (Å²) < 4.78 is 5.86. The van der Waals surface area contributed by atoms with E-state index in [-0.39, 0.29) is 17.0 Å². The fourth-order valence-corrected chi connectivity index (χ4v) is 4.21. The number of benzene rings is 4. The zero-order valence-corrected chi connectivity index (χ0v) is 19.5. The van der Waals surface area contributed by atoms with E-state index >= 15 is 0 Å². The maximum Gasteiger partial charge on any atom is 0.336 e. The molecule has 2 unspecified atom stereocenters. The molecule has 0 amide bonds. The largest absolute Gasteiger partial charge is 0.478 e. The number of rotatable bonds is 10. The Hall–Kier alpha value is -4.42. The van der Waals surface area contributed by atoms with Crippen molar-refractivity contribution in [2.24, 2.45) is 5.92 Å². The first kappa shape index (κ1) is 24.7. The minimum absolute atomic E-state index is 0.286. The molecule has 182 valence electrons. The van der Waals surface area contributed by atoms with Crippen molar-refractivity contribution >= 4 is 11.9 Å². The van der Waals surface area contributed by atoms with Gasteiger partial charge in [0.25, 0.3) is 0 Å². The molecule has 0 fully saturated rings. The molecule has 3 N–H and O–H groups in total. The molecule has 0 saturated heterocycles. The van der Waals surface area contributed by atoms with E-state index in [1.807, 2.05) is 84.9 Å².